The number of halogens is 3. The fourth-order valence-corrected chi connectivity index (χ4v) is 3.46. The molecule has 0 bridgehead atoms. The van der Waals surface area contributed by atoms with Gasteiger partial charge in [-0.15, -0.1) is 0 Å². The van der Waals surface area contributed by atoms with E-state index in [-0.39, 0.29) is 18.7 Å². The third-order valence-corrected chi connectivity index (χ3v) is 5.18. The van der Waals surface area contributed by atoms with Gasteiger partial charge in [0.2, 0.25) is 0 Å². The number of aliphatic hydroxyl groups is 2. The molecule has 1 unspecified atom stereocenters. The van der Waals surface area contributed by atoms with Gasteiger partial charge in [0.05, 0.1) is 49.3 Å². The van der Waals surface area contributed by atoms with Gasteiger partial charge in [0.25, 0.3) is 0 Å². The van der Waals surface area contributed by atoms with Crippen molar-refractivity contribution in [2.45, 2.75) is 19.2 Å². The van der Waals surface area contributed by atoms with E-state index in [9.17, 15) is 28.2 Å². The number of rotatable bonds is 7. The van der Waals surface area contributed by atoms with Crippen molar-refractivity contribution in [2.75, 3.05) is 49.5 Å². The van der Waals surface area contributed by atoms with Crippen LogP contribution in [0.3, 0.4) is 0 Å². The third-order valence-electron chi connectivity index (χ3n) is 5.18. The molecule has 1 aliphatic heterocycles. The summed E-state index contributed by atoms with van der Waals surface area (Å²) in [7, 11) is 0. The number of piperazine rings is 1. The summed E-state index contributed by atoms with van der Waals surface area (Å²) in [5.41, 5.74) is -0.504. The molecule has 1 atom stereocenters. The zero-order chi connectivity index (χ0) is 24.0. The van der Waals surface area contributed by atoms with Crippen LogP contribution in [0.5, 0.6) is 0 Å². The second-order valence-corrected chi connectivity index (χ2v) is 7.39. The first kappa shape index (κ1) is 24.3. The minimum Gasteiger partial charge on any atom is -0.464 e. The molecular weight excluding hydrogens is 441 g/mol. The van der Waals surface area contributed by atoms with E-state index in [1.54, 1.807) is 25.3 Å². The summed E-state index contributed by atoms with van der Waals surface area (Å²) < 4.78 is 46.0. The van der Waals surface area contributed by atoms with Crippen molar-refractivity contribution in [3.05, 3.63) is 53.7 Å². The van der Waals surface area contributed by atoms with Gasteiger partial charge in [-0.25, -0.2) is 9.78 Å². The number of pyridine rings is 1. The first-order chi connectivity index (χ1) is 15.7. The third kappa shape index (κ3) is 6.13. The van der Waals surface area contributed by atoms with Crippen LogP contribution >= 0.6 is 0 Å². The zero-order valence-corrected chi connectivity index (χ0v) is 18.0. The molecule has 1 saturated heterocycles. The molecule has 0 radical (unpaired) electrons. The van der Waals surface area contributed by atoms with Gasteiger partial charge in [0.15, 0.2) is 19.2 Å². The number of hydrogen-bond donors (Lipinski definition) is 3. The van der Waals surface area contributed by atoms with E-state index in [2.05, 4.69) is 10.3 Å². The van der Waals surface area contributed by atoms with Crippen molar-refractivity contribution in [3.63, 3.8) is 0 Å². The van der Waals surface area contributed by atoms with Crippen LogP contribution in [0.4, 0.5) is 24.7 Å². The van der Waals surface area contributed by atoms with Crippen molar-refractivity contribution < 1.29 is 37.5 Å². The molecule has 178 valence electrons. The van der Waals surface area contributed by atoms with E-state index < -0.39 is 29.7 Å². The Morgan fingerprint density at radius 1 is 1.24 bits per heavy atom. The van der Waals surface area contributed by atoms with Crippen LogP contribution in [0.15, 0.2) is 42.6 Å². The SMILES string of the molecule is CCOC(=O)C(O)CNc1ccc(N2CC[N+](=C(O)c3ccccc3C(F)(F)F)CC2)nc1. The van der Waals surface area contributed by atoms with Crippen molar-refractivity contribution >= 4 is 23.4 Å². The topological polar surface area (TPSA) is 97.9 Å². The average Bonchev–Trinajstić information content (AvgIpc) is 2.82. The van der Waals surface area contributed by atoms with Crippen molar-refractivity contribution in [1.82, 2.24) is 4.98 Å². The molecule has 1 fully saturated rings. The number of aliphatic hydroxyl groups excluding tert-OH is 2. The lowest BCUT2D eigenvalue weighted by Gasteiger charge is -2.26. The Balaban J connectivity index is 1.61. The Hall–Kier alpha value is -3.34. The van der Waals surface area contributed by atoms with Crippen LogP contribution < -0.4 is 10.2 Å². The number of ether oxygens (including phenoxy) is 1. The van der Waals surface area contributed by atoms with Crippen LogP contribution in [-0.2, 0) is 15.7 Å². The molecule has 11 heteroatoms. The summed E-state index contributed by atoms with van der Waals surface area (Å²) in [5.74, 6) is -0.429. The van der Waals surface area contributed by atoms with Crippen LogP contribution in [-0.4, -0.2) is 77.1 Å². The van der Waals surface area contributed by atoms with E-state index >= 15 is 0 Å². The first-order valence-electron chi connectivity index (χ1n) is 10.5. The molecule has 3 rings (SSSR count). The molecule has 1 aromatic heterocycles. The first-order valence-corrected chi connectivity index (χ1v) is 10.5. The molecule has 0 saturated carbocycles. The Kier molecular flexibility index (Phi) is 7.75. The summed E-state index contributed by atoms with van der Waals surface area (Å²) in [5, 5.41) is 23.1. The number of hydrogen-bond acceptors (Lipinski definition) is 6. The molecule has 33 heavy (non-hydrogen) atoms. The fraction of sp³-hybridized carbons (Fsp3) is 0.409. The smallest absolute Gasteiger partial charge is 0.417 e. The van der Waals surface area contributed by atoms with Gasteiger partial charge in [0.1, 0.15) is 5.82 Å². The van der Waals surface area contributed by atoms with Gasteiger partial charge >= 0.3 is 18.0 Å². The summed E-state index contributed by atoms with van der Waals surface area (Å²) in [6.45, 7) is 3.38. The Morgan fingerprint density at radius 2 is 1.94 bits per heavy atom. The normalized spacial score (nSPS) is 15.2. The van der Waals surface area contributed by atoms with Crippen molar-refractivity contribution in [2.24, 2.45) is 0 Å². The number of esters is 1. The van der Waals surface area contributed by atoms with E-state index in [0.717, 1.165) is 6.07 Å². The van der Waals surface area contributed by atoms with Crippen LogP contribution in [0.25, 0.3) is 0 Å². The second kappa shape index (κ2) is 10.5. The number of aromatic nitrogens is 1. The lowest BCUT2D eigenvalue weighted by molar-refractivity contribution is -0.536. The van der Waals surface area contributed by atoms with Crippen LogP contribution in [0, 0.1) is 0 Å². The molecule has 0 amide bonds. The number of anilines is 2. The van der Waals surface area contributed by atoms with E-state index in [4.69, 9.17) is 4.74 Å². The summed E-state index contributed by atoms with van der Waals surface area (Å²) >= 11 is 0. The molecule has 1 aromatic carbocycles. The summed E-state index contributed by atoms with van der Waals surface area (Å²) in [6, 6.07) is 8.47. The molecule has 0 aliphatic carbocycles. The second-order valence-electron chi connectivity index (χ2n) is 7.39. The highest BCUT2D eigenvalue weighted by Gasteiger charge is 2.37. The largest absolute Gasteiger partial charge is 0.464 e. The molecular formula is C22H26F3N4O4+. The van der Waals surface area contributed by atoms with Crippen LogP contribution in [0.2, 0.25) is 0 Å². The Labute approximate surface area is 188 Å². The van der Waals surface area contributed by atoms with Gasteiger partial charge in [-0.2, -0.15) is 17.7 Å². The number of benzene rings is 1. The lowest BCUT2D eigenvalue weighted by atomic mass is 10.1. The van der Waals surface area contributed by atoms with E-state index in [0.29, 0.717) is 37.7 Å². The molecule has 0 spiro atoms. The molecule has 1 aliphatic rings. The summed E-state index contributed by atoms with van der Waals surface area (Å²) in [4.78, 5) is 17.8. The zero-order valence-electron chi connectivity index (χ0n) is 18.0. The number of nitrogens with zero attached hydrogens (tertiary/aromatic N) is 3. The van der Waals surface area contributed by atoms with Crippen LogP contribution in [0.1, 0.15) is 18.1 Å². The standard InChI is InChI=1S/C22H25F3N4O4/c1-2-33-21(32)18(30)14-26-15-7-8-19(27-13-15)28-9-11-29(12-10-28)20(31)16-5-3-4-6-17(16)22(23,24)25/h3-8,13,18,26,30H,2,9-12,14H2,1H3/p+1. The predicted molar refractivity (Wildman–Crippen MR) is 116 cm³/mol. The van der Waals surface area contributed by atoms with Gasteiger partial charge < -0.3 is 25.2 Å². The maximum Gasteiger partial charge on any atom is 0.417 e. The molecule has 2 heterocycles. The van der Waals surface area contributed by atoms with E-state index in [1.807, 2.05) is 4.90 Å². The number of nitrogens with one attached hydrogen (secondary N) is 1. The summed E-state index contributed by atoms with van der Waals surface area (Å²) in [6.07, 6.45) is -4.29. The Morgan fingerprint density at radius 3 is 2.55 bits per heavy atom. The molecule has 3 N–H and O–H groups in total. The monoisotopic (exact) mass is 467 g/mol. The van der Waals surface area contributed by atoms with E-state index in [1.165, 1.54) is 22.8 Å². The highest BCUT2D eigenvalue weighted by Crippen LogP contribution is 2.32. The van der Waals surface area contributed by atoms with Gasteiger partial charge in [-0.05, 0) is 31.2 Å². The lowest BCUT2D eigenvalue weighted by Crippen LogP contribution is -2.44. The highest BCUT2D eigenvalue weighted by atomic mass is 19.4. The van der Waals surface area contributed by atoms with Crippen molar-refractivity contribution in [3.8, 4) is 0 Å². The quantitative estimate of drug-likeness (QED) is 0.327. The van der Waals surface area contributed by atoms with Gasteiger partial charge in [-0.1, -0.05) is 12.1 Å². The maximum atomic E-state index is 13.3. The minimum absolute atomic E-state index is 0.0208. The van der Waals surface area contributed by atoms with Gasteiger partial charge in [-0.3, -0.25) is 0 Å². The van der Waals surface area contributed by atoms with Gasteiger partial charge in [0, 0.05) is 0 Å². The molecule has 8 nitrogen and oxygen atoms in total. The minimum atomic E-state index is -4.56. The van der Waals surface area contributed by atoms with Crippen molar-refractivity contribution in [1.29, 1.82) is 0 Å². The highest BCUT2D eigenvalue weighted by molar-refractivity contribution is 5.90. The molecule has 2 aromatic rings. The number of alkyl halides is 3. The number of carbonyl (C=O) groups is 1. The maximum absolute atomic E-state index is 13.3. The average molecular weight is 467 g/mol. The fourth-order valence-electron chi connectivity index (χ4n) is 3.46. The number of carbonyl (C=O) groups excluding carboxylic acids is 1. The predicted octanol–water partition coefficient (Wildman–Crippen LogP) is 2.27. The Bertz CT molecular complexity index is 986.